The van der Waals surface area contributed by atoms with Crippen LogP contribution in [-0.2, 0) is 19.0 Å². The molecule has 1 saturated carbocycles. The highest BCUT2D eigenvalue weighted by Crippen LogP contribution is 2.35. The Morgan fingerprint density at radius 1 is 1.06 bits per heavy atom. The monoisotopic (exact) mass is 498 g/mol. The molecule has 2 aromatic rings. The van der Waals surface area contributed by atoms with Crippen molar-refractivity contribution in [1.82, 2.24) is 19.5 Å². The fourth-order valence-corrected chi connectivity index (χ4v) is 4.14. The Morgan fingerprint density at radius 2 is 1.69 bits per heavy atom. The van der Waals surface area contributed by atoms with E-state index in [0.29, 0.717) is 23.0 Å². The van der Waals surface area contributed by atoms with Crippen molar-refractivity contribution in [1.29, 1.82) is 0 Å². The van der Waals surface area contributed by atoms with E-state index in [1.165, 1.54) is 33.4 Å². The van der Waals surface area contributed by atoms with Crippen LogP contribution in [0, 0.1) is 10.1 Å². The van der Waals surface area contributed by atoms with Crippen molar-refractivity contribution in [2.45, 2.75) is 97.8 Å². The molecule has 2 aromatic heterocycles. The molecule has 0 radical (unpaired) electrons. The van der Waals surface area contributed by atoms with E-state index in [1.54, 1.807) is 10.9 Å². The van der Waals surface area contributed by atoms with Crippen LogP contribution in [0.3, 0.4) is 0 Å². The van der Waals surface area contributed by atoms with Crippen molar-refractivity contribution in [3.8, 4) is 0 Å². The number of rotatable bonds is 8. The van der Waals surface area contributed by atoms with Crippen LogP contribution in [0.2, 0.25) is 0 Å². The number of nitrogens with one attached hydrogen (secondary N) is 1. The lowest BCUT2D eigenvalue weighted by atomic mass is 10.1. The third kappa shape index (κ3) is 7.45. The lowest BCUT2D eigenvalue weighted by molar-refractivity contribution is -0.759. The first-order valence-electron chi connectivity index (χ1n) is 12.5. The summed E-state index contributed by atoms with van der Waals surface area (Å²) < 4.78 is 18.8. The molecule has 2 aliphatic rings. The van der Waals surface area contributed by atoms with Crippen LogP contribution < -0.4 is 5.32 Å². The zero-order valence-corrected chi connectivity index (χ0v) is 22.3. The molecular weight excluding hydrogens is 456 g/mol. The zero-order valence-electron chi connectivity index (χ0n) is 22.3. The Kier molecular flexibility index (Phi) is 14.1. The molecular formula is C23H42N6O6. The van der Waals surface area contributed by atoms with E-state index in [2.05, 4.69) is 25.1 Å². The third-order valence-electron chi connectivity index (χ3n) is 5.50. The molecule has 1 aliphatic heterocycles. The number of ether oxygens (including phenoxy) is 3. The van der Waals surface area contributed by atoms with Crippen LogP contribution in [0.25, 0.3) is 11.2 Å². The number of methoxy groups -OCH3 is 2. The van der Waals surface area contributed by atoms with Gasteiger partial charge in [-0.25, -0.2) is 15.0 Å². The molecule has 0 amide bonds. The largest absolute Gasteiger partial charge is 0.376 e. The molecule has 0 bridgehead atoms. The first-order valence-corrected chi connectivity index (χ1v) is 12.5. The number of aromatic nitrogens is 4. The van der Waals surface area contributed by atoms with E-state index in [-0.39, 0.29) is 6.61 Å². The van der Waals surface area contributed by atoms with Gasteiger partial charge in [0.1, 0.15) is 31.2 Å². The van der Waals surface area contributed by atoms with Crippen LogP contribution in [0.4, 0.5) is 5.82 Å². The van der Waals surface area contributed by atoms with E-state index in [1.807, 2.05) is 41.5 Å². The molecule has 1 aliphatic carbocycles. The van der Waals surface area contributed by atoms with Gasteiger partial charge in [-0.05, 0) is 12.8 Å². The van der Waals surface area contributed by atoms with Gasteiger partial charge in [-0.1, -0.05) is 54.4 Å². The molecule has 1 N–H and O–H groups in total. The lowest BCUT2D eigenvalue weighted by Crippen LogP contribution is -2.37. The molecule has 4 rings (SSSR count). The maximum absolute atomic E-state index is 10.6. The van der Waals surface area contributed by atoms with E-state index < -0.39 is 29.6 Å². The summed E-state index contributed by atoms with van der Waals surface area (Å²) in [6.07, 6.45) is 5.32. The zero-order chi connectivity index (χ0) is 26.4. The minimum absolute atomic E-state index is 0.266. The fraction of sp³-hybridized carbons (Fsp3) is 0.783. The molecule has 0 unspecified atom stereocenters. The van der Waals surface area contributed by atoms with Crippen molar-refractivity contribution in [2.75, 3.05) is 26.1 Å². The van der Waals surface area contributed by atoms with Gasteiger partial charge >= 0.3 is 0 Å². The van der Waals surface area contributed by atoms with Crippen LogP contribution in [-0.4, -0.2) is 69.8 Å². The molecule has 12 heteroatoms. The summed E-state index contributed by atoms with van der Waals surface area (Å²) >= 11 is 0. The molecule has 2 fully saturated rings. The Bertz CT molecular complexity index is 860. The van der Waals surface area contributed by atoms with Gasteiger partial charge < -0.3 is 24.4 Å². The number of hydrogen-bond donors (Lipinski definition) is 1. The van der Waals surface area contributed by atoms with Crippen LogP contribution in [0.5, 0.6) is 0 Å². The van der Waals surface area contributed by atoms with Gasteiger partial charge in [0.15, 0.2) is 23.2 Å². The molecule has 0 aromatic carbocycles. The Balaban J connectivity index is 0.000000949. The molecule has 35 heavy (non-hydrogen) atoms. The second-order valence-corrected chi connectivity index (χ2v) is 7.16. The van der Waals surface area contributed by atoms with Crippen molar-refractivity contribution in [3.05, 3.63) is 22.8 Å². The fourth-order valence-electron chi connectivity index (χ4n) is 4.14. The predicted molar refractivity (Wildman–Crippen MR) is 134 cm³/mol. The second kappa shape index (κ2) is 16.2. The minimum atomic E-state index is -0.855. The normalized spacial score (nSPS) is 23.3. The lowest BCUT2D eigenvalue weighted by Gasteiger charge is -2.22. The summed E-state index contributed by atoms with van der Waals surface area (Å²) in [6.45, 7) is 11.7. The SMILES string of the molecule is CC.CC.CC.CO[C@@H]1[C@H](OC)[C@@H](CO[N+](=O)[O-])O[C@H]1n1cnc2c(NC3CCCC3)ncnc21. The standard InChI is InChI=1S/C17H24N6O6.3C2H6/c1-26-13-11(7-28-23(24)25)29-17(14(13)27-2)22-9-20-12-15(18-8-19-16(12)22)21-10-5-3-4-6-10;3*1-2/h8-11,13-14,17H,3-7H2,1-2H3,(H,18,19,21);3*1-2H3/t11-,13-,14-,17-;;;/m1.../s1. The average Bonchev–Trinajstić information content (AvgIpc) is 3.65. The van der Waals surface area contributed by atoms with Gasteiger partial charge in [-0.2, -0.15) is 0 Å². The maximum atomic E-state index is 10.6. The van der Waals surface area contributed by atoms with Gasteiger partial charge in [0.05, 0.1) is 6.33 Å². The average molecular weight is 499 g/mol. The molecule has 1 saturated heterocycles. The molecule has 200 valence electrons. The van der Waals surface area contributed by atoms with Crippen molar-refractivity contribution in [2.24, 2.45) is 0 Å². The van der Waals surface area contributed by atoms with Crippen LogP contribution in [0.1, 0.15) is 73.5 Å². The summed E-state index contributed by atoms with van der Waals surface area (Å²) in [5.41, 5.74) is 1.22. The topological polar surface area (TPSA) is 136 Å². The summed E-state index contributed by atoms with van der Waals surface area (Å²) in [5.74, 6) is 0.684. The molecule has 12 nitrogen and oxygen atoms in total. The van der Waals surface area contributed by atoms with E-state index in [0.717, 1.165) is 12.8 Å². The maximum Gasteiger partial charge on any atom is 0.294 e. The van der Waals surface area contributed by atoms with Gasteiger partial charge in [-0.15, -0.1) is 10.1 Å². The van der Waals surface area contributed by atoms with Gasteiger partial charge in [0, 0.05) is 20.3 Å². The van der Waals surface area contributed by atoms with Crippen LogP contribution in [0.15, 0.2) is 12.7 Å². The van der Waals surface area contributed by atoms with Crippen LogP contribution >= 0.6 is 0 Å². The number of anilines is 1. The van der Waals surface area contributed by atoms with Gasteiger partial charge in [0.25, 0.3) is 5.09 Å². The van der Waals surface area contributed by atoms with Crippen molar-refractivity contribution < 1.29 is 24.1 Å². The smallest absolute Gasteiger partial charge is 0.294 e. The predicted octanol–water partition coefficient (Wildman–Crippen LogP) is 4.40. The highest BCUT2D eigenvalue weighted by atomic mass is 17.0. The third-order valence-corrected chi connectivity index (χ3v) is 5.50. The summed E-state index contributed by atoms with van der Waals surface area (Å²) in [6, 6.07) is 0.384. The number of fused-ring (bicyclic) bond motifs is 1. The Morgan fingerprint density at radius 3 is 2.26 bits per heavy atom. The number of imidazole rings is 1. The highest BCUT2D eigenvalue weighted by Gasteiger charge is 2.47. The van der Waals surface area contributed by atoms with E-state index in [9.17, 15) is 10.1 Å². The second-order valence-electron chi connectivity index (χ2n) is 7.16. The molecule has 3 heterocycles. The van der Waals surface area contributed by atoms with Gasteiger partial charge in [-0.3, -0.25) is 4.57 Å². The Labute approximate surface area is 207 Å². The summed E-state index contributed by atoms with van der Waals surface area (Å²) in [5, 5.41) is 13.2. The first-order chi connectivity index (χ1) is 17.1. The number of hydrogen-bond acceptors (Lipinski definition) is 10. The minimum Gasteiger partial charge on any atom is -0.376 e. The summed E-state index contributed by atoms with van der Waals surface area (Å²) in [7, 11) is 3.03. The highest BCUT2D eigenvalue weighted by molar-refractivity contribution is 5.82. The van der Waals surface area contributed by atoms with Crippen molar-refractivity contribution in [3.63, 3.8) is 0 Å². The van der Waals surface area contributed by atoms with E-state index in [4.69, 9.17) is 14.2 Å². The molecule has 0 spiro atoms. The van der Waals surface area contributed by atoms with Gasteiger partial charge in [0.2, 0.25) is 0 Å². The Hall–Kier alpha value is -2.57. The van der Waals surface area contributed by atoms with Crippen molar-refractivity contribution >= 4 is 17.0 Å². The molecule has 4 atom stereocenters. The number of nitrogens with zero attached hydrogens (tertiary/aromatic N) is 5. The van der Waals surface area contributed by atoms with E-state index >= 15 is 0 Å². The summed E-state index contributed by atoms with van der Waals surface area (Å²) in [4.78, 5) is 28.3. The quantitative estimate of drug-likeness (QED) is 0.412. The first kappa shape index (κ1) is 30.5.